The lowest BCUT2D eigenvalue weighted by molar-refractivity contribution is -0.150. The third kappa shape index (κ3) is 5.36. The Balaban J connectivity index is 1.62. The van der Waals surface area contributed by atoms with E-state index in [1.165, 1.54) is 6.08 Å². The van der Waals surface area contributed by atoms with E-state index in [2.05, 4.69) is 10.4 Å². The minimum atomic E-state index is -0.845. The molecule has 1 heterocycles. The number of benzene rings is 1. The Hall–Kier alpha value is -2.31. The summed E-state index contributed by atoms with van der Waals surface area (Å²) in [6.45, 7) is 3.83. The van der Waals surface area contributed by atoms with Crippen LogP contribution in [0, 0.1) is 6.92 Å². The molecule has 6 nitrogen and oxygen atoms in total. The summed E-state index contributed by atoms with van der Waals surface area (Å²) in [5, 5.41) is 8.29. The van der Waals surface area contributed by atoms with E-state index in [9.17, 15) is 9.59 Å². The molecule has 1 aromatic heterocycles. The number of amides is 1. The summed E-state index contributed by atoms with van der Waals surface area (Å²) in [6.07, 6.45) is 3.91. The Morgan fingerprint density at radius 1 is 1.32 bits per heavy atom. The first-order valence-electron chi connectivity index (χ1n) is 9.00. The molecule has 1 atom stereocenters. The number of aryl methyl sites for hydroxylation is 1. The number of rotatable bonds is 7. The summed E-state index contributed by atoms with van der Waals surface area (Å²) in [7, 11) is 0. The molecule has 1 N–H and O–H groups in total. The van der Waals surface area contributed by atoms with Crippen molar-refractivity contribution >= 4 is 41.2 Å². The van der Waals surface area contributed by atoms with Gasteiger partial charge in [0.25, 0.3) is 5.91 Å². The number of carbonyl (C=O) groups is 2. The van der Waals surface area contributed by atoms with Crippen LogP contribution in [0.2, 0.25) is 10.2 Å². The average Bonchev–Trinajstić information content (AvgIpc) is 3.42. The van der Waals surface area contributed by atoms with Crippen LogP contribution < -0.4 is 5.32 Å². The van der Waals surface area contributed by atoms with Crippen LogP contribution in [-0.4, -0.2) is 33.8 Å². The van der Waals surface area contributed by atoms with Gasteiger partial charge in [-0.05, 0) is 50.5 Å². The van der Waals surface area contributed by atoms with Crippen LogP contribution in [0.4, 0.5) is 0 Å². The third-order valence-electron chi connectivity index (χ3n) is 4.33. The lowest BCUT2D eigenvalue weighted by Gasteiger charge is -2.11. The van der Waals surface area contributed by atoms with E-state index in [1.807, 2.05) is 12.1 Å². The molecule has 3 rings (SSSR count). The van der Waals surface area contributed by atoms with Crippen LogP contribution in [0.5, 0.6) is 0 Å². The Morgan fingerprint density at radius 3 is 2.64 bits per heavy atom. The molecule has 1 fully saturated rings. The predicted molar refractivity (Wildman–Crippen MR) is 108 cm³/mol. The maximum atomic E-state index is 12.0. The van der Waals surface area contributed by atoms with Gasteiger partial charge in [0.15, 0.2) is 6.10 Å². The number of halogens is 2. The smallest absolute Gasteiger partial charge is 0.331 e. The molecule has 0 radical (unpaired) electrons. The topological polar surface area (TPSA) is 73.2 Å². The maximum absolute atomic E-state index is 12.0. The second-order valence-corrected chi connectivity index (χ2v) is 7.56. The Bertz CT molecular complexity index is 902. The van der Waals surface area contributed by atoms with E-state index >= 15 is 0 Å². The second-order valence-electron chi connectivity index (χ2n) is 6.77. The number of carbonyl (C=O) groups excluding carboxylic acids is 2. The Labute approximate surface area is 173 Å². The van der Waals surface area contributed by atoms with Crippen molar-refractivity contribution < 1.29 is 14.3 Å². The van der Waals surface area contributed by atoms with Crippen LogP contribution >= 0.6 is 23.2 Å². The van der Waals surface area contributed by atoms with E-state index in [0.717, 1.165) is 18.4 Å². The summed E-state index contributed by atoms with van der Waals surface area (Å²) >= 11 is 12.3. The molecule has 0 aliphatic heterocycles. The first kappa shape index (κ1) is 20.4. The summed E-state index contributed by atoms with van der Waals surface area (Å²) in [4.78, 5) is 23.9. The van der Waals surface area contributed by atoms with Crippen molar-refractivity contribution in [2.45, 2.75) is 45.4 Å². The zero-order valence-corrected chi connectivity index (χ0v) is 17.1. The largest absolute Gasteiger partial charge is 0.449 e. The monoisotopic (exact) mass is 421 g/mol. The van der Waals surface area contributed by atoms with Crippen LogP contribution in [-0.2, 0) is 20.9 Å². The van der Waals surface area contributed by atoms with E-state index in [0.29, 0.717) is 28.0 Å². The summed E-state index contributed by atoms with van der Waals surface area (Å²) in [5.74, 6) is -0.895. The van der Waals surface area contributed by atoms with Gasteiger partial charge in [0, 0.05) is 22.7 Å². The van der Waals surface area contributed by atoms with Gasteiger partial charge in [-0.15, -0.1) is 0 Å². The fourth-order valence-corrected chi connectivity index (χ4v) is 3.01. The lowest BCUT2D eigenvalue weighted by atomic mass is 10.2. The van der Waals surface area contributed by atoms with E-state index in [4.69, 9.17) is 27.9 Å². The van der Waals surface area contributed by atoms with E-state index in [-0.39, 0.29) is 11.9 Å². The van der Waals surface area contributed by atoms with Crippen LogP contribution in [0.3, 0.4) is 0 Å². The third-order valence-corrected chi connectivity index (χ3v) is 4.98. The number of aromatic nitrogens is 2. The number of ether oxygens (including phenoxy) is 1. The first-order valence-corrected chi connectivity index (χ1v) is 9.75. The molecule has 2 aromatic rings. The molecule has 8 heteroatoms. The SMILES string of the molecule is Cc1nn(Cc2ccc(Cl)cc2)c(Cl)c1/C=C/C(=O)OC(C)C(=O)NC1CC1. The molecule has 1 saturated carbocycles. The zero-order chi connectivity index (χ0) is 20.3. The molecule has 1 aliphatic carbocycles. The van der Waals surface area contributed by atoms with Crippen LogP contribution in [0.25, 0.3) is 6.08 Å². The summed E-state index contributed by atoms with van der Waals surface area (Å²) in [6, 6.07) is 7.63. The van der Waals surface area contributed by atoms with E-state index in [1.54, 1.807) is 36.7 Å². The Morgan fingerprint density at radius 2 is 2.00 bits per heavy atom. The van der Waals surface area contributed by atoms with Gasteiger partial charge >= 0.3 is 5.97 Å². The highest BCUT2D eigenvalue weighted by molar-refractivity contribution is 6.31. The van der Waals surface area contributed by atoms with Crippen molar-refractivity contribution in [1.29, 1.82) is 0 Å². The fourth-order valence-electron chi connectivity index (χ4n) is 2.59. The van der Waals surface area contributed by atoms with Gasteiger partial charge in [0.1, 0.15) is 5.15 Å². The normalized spacial score (nSPS) is 14.9. The molecule has 1 amide bonds. The maximum Gasteiger partial charge on any atom is 0.331 e. The number of esters is 1. The minimum Gasteiger partial charge on any atom is -0.449 e. The van der Waals surface area contributed by atoms with Crippen LogP contribution in [0.15, 0.2) is 30.3 Å². The molecule has 0 saturated heterocycles. The van der Waals surface area contributed by atoms with Crippen molar-refractivity contribution in [2.24, 2.45) is 0 Å². The van der Waals surface area contributed by atoms with Gasteiger partial charge in [-0.1, -0.05) is 35.3 Å². The number of hydrogen-bond donors (Lipinski definition) is 1. The fraction of sp³-hybridized carbons (Fsp3) is 0.350. The minimum absolute atomic E-state index is 0.220. The van der Waals surface area contributed by atoms with Gasteiger partial charge in [0.2, 0.25) is 0 Å². The van der Waals surface area contributed by atoms with Crippen LogP contribution in [0.1, 0.15) is 36.6 Å². The average molecular weight is 422 g/mol. The summed E-state index contributed by atoms with van der Waals surface area (Å²) < 4.78 is 6.79. The molecule has 28 heavy (non-hydrogen) atoms. The number of nitrogens with one attached hydrogen (secondary N) is 1. The van der Waals surface area contributed by atoms with Crippen molar-refractivity contribution in [3.8, 4) is 0 Å². The van der Waals surface area contributed by atoms with E-state index < -0.39 is 12.1 Å². The van der Waals surface area contributed by atoms with Gasteiger partial charge in [-0.2, -0.15) is 5.10 Å². The predicted octanol–water partition coefficient (Wildman–Crippen LogP) is 3.77. The molecule has 0 bridgehead atoms. The Kier molecular flexibility index (Phi) is 6.42. The quantitative estimate of drug-likeness (QED) is 0.545. The first-order chi connectivity index (χ1) is 13.3. The molecule has 148 valence electrons. The molecular weight excluding hydrogens is 401 g/mol. The highest BCUT2D eigenvalue weighted by Gasteiger charge is 2.26. The van der Waals surface area contributed by atoms with Gasteiger partial charge < -0.3 is 10.1 Å². The highest BCUT2D eigenvalue weighted by atomic mass is 35.5. The van der Waals surface area contributed by atoms with Crippen molar-refractivity contribution in [2.75, 3.05) is 0 Å². The molecular formula is C20H21Cl2N3O3. The van der Waals surface area contributed by atoms with Gasteiger partial charge in [0.05, 0.1) is 12.2 Å². The number of nitrogens with zero attached hydrogens (tertiary/aromatic N) is 2. The lowest BCUT2D eigenvalue weighted by Crippen LogP contribution is -2.36. The number of hydrogen-bond acceptors (Lipinski definition) is 4. The molecule has 1 unspecified atom stereocenters. The van der Waals surface area contributed by atoms with Crippen molar-refractivity contribution in [1.82, 2.24) is 15.1 Å². The summed E-state index contributed by atoms with van der Waals surface area (Å²) in [5.41, 5.74) is 2.31. The molecule has 1 aliphatic rings. The van der Waals surface area contributed by atoms with Crippen molar-refractivity contribution in [3.63, 3.8) is 0 Å². The van der Waals surface area contributed by atoms with Gasteiger partial charge in [-0.3, -0.25) is 4.79 Å². The molecule has 0 spiro atoms. The second kappa shape index (κ2) is 8.80. The highest BCUT2D eigenvalue weighted by Crippen LogP contribution is 2.23. The standard InChI is InChI=1S/C20H21Cl2N3O3/c1-12-17(9-10-18(26)28-13(2)20(27)23-16-7-8-16)19(22)25(24-12)11-14-3-5-15(21)6-4-14/h3-6,9-10,13,16H,7-8,11H2,1-2H3,(H,23,27)/b10-9+. The van der Waals surface area contributed by atoms with Gasteiger partial charge in [-0.25, -0.2) is 9.48 Å². The van der Waals surface area contributed by atoms with Crippen molar-refractivity contribution in [3.05, 3.63) is 57.3 Å². The zero-order valence-electron chi connectivity index (χ0n) is 15.6. The molecule has 1 aromatic carbocycles.